The average Bonchev–Trinajstić information content (AvgIpc) is 3.03. The molecule has 1 unspecified atom stereocenters. The summed E-state index contributed by atoms with van der Waals surface area (Å²) in [6.45, 7) is 3.59. The van der Waals surface area contributed by atoms with Crippen molar-refractivity contribution in [3.63, 3.8) is 0 Å². The molecule has 0 radical (unpaired) electrons. The lowest BCUT2D eigenvalue weighted by molar-refractivity contribution is -0.144. The molecule has 128 valence electrons. The molecule has 0 fully saturated rings. The van der Waals surface area contributed by atoms with Crippen LogP contribution in [0.4, 0.5) is 4.39 Å². The molecule has 7 nitrogen and oxygen atoms in total. The van der Waals surface area contributed by atoms with E-state index in [-0.39, 0.29) is 24.0 Å². The van der Waals surface area contributed by atoms with Crippen LogP contribution in [0.15, 0.2) is 36.5 Å². The van der Waals surface area contributed by atoms with Crippen molar-refractivity contribution in [2.24, 2.45) is 0 Å². The maximum atomic E-state index is 12.8. The minimum Gasteiger partial charge on any atom is -0.478 e. The Labute approximate surface area is 138 Å². The van der Waals surface area contributed by atoms with Gasteiger partial charge in [-0.25, -0.2) is 9.18 Å². The number of ether oxygens (including phenoxy) is 1. The van der Waals surface area contributed by atoms with E-state index in [4.69, 9.17) is 4.74 Å². The maximum absolute atomic E-state index is 12.8. The highest BCUT2D eigenvalue weighted by atomic mass is 19.1. The summed E-state index contributed by atoms with van der Waals surface area (Å²) in [6, 6.07) is 6.61. The zero-order valence-electron chi connectivity index (χ0n) is 13.3. The summed E-state index contributed by atoms with van der Waals surface area (Å²) in [7, 11) is 0. The Hall–Kier alpha value is -2.90. The number of amides is 1. The van der Waals surface area contributed by atoms with Gasteiger partial charge < -0.3 is 15.2 Å². The summed E-state index contributed by atoms with van der Waals surface area (Å²) < 4.78 is 19.7. The summed E-state index contributed by atoms with van der Waals surface area (Å²) >= 11 is 0. The van der Waals surface area contributed by atoms with Crippen molar-refractivity contribution < 1.29 is 23.8 Å². The molecular weight excluding hydrogens is 317 g/mol. The van der Waals surface area contributed by atoms with Gasteiger partial charge in [-0.1, -0.05) is 0 Å². The fourth-order valence-corrected chi connectivity index (χ4v) is 1.88. The standard InChI is InChI=1S/C16H18FN3O4/c1-10(2)20-8-7-13(19-20)15(21)18-9-14(16(22)23)24-12-5-3-11(17)4-6-12/h3-8,10,14H,9H2,1-2H3,(H,18,21)(H,22,23). The highest BCUT2D eigenvalue weighted by Crippen LogP contribution is 2.13. The maximum Gasteiger partial charge on any atom is 0.346 e. The molecule has 0 saturated heterocycles. The summed E-state index contributed by atoms with van der Waals surface area (Å²) in [5.41, 5.74) is 0.189. The number of carbonyl (C=O) groups excluding carboxylic acids is 1. The number of carboxylic acid groups (broad SMARTS) is 1. The topological polar surface area (TPSA) is 93.5 Å². The molecule has 1 atom stereocenters. The van der Waals surface area contributed by atoms with E-state index in [0.717, 1.165) is 12.1 Å². The highest BCUT2D eigenvalue weighted by Gasteiger charge is 2.21. The van der Waals surface area contributed by atoms with Gasteiger partial charge in [-0.3, -0.25) is 9.48 Å². The quantitative estimate of drug-likeness (QED) is 0.805. The Kier molecular flexibility index (Phi) is 5.51. The van der Waals surface area contributed by atoms with Gasteiger partial charge in [-0.05, 0) is 44.2 Å². The Balaban J connectivity index is 1.96. The monoisotopic (exact) mass is 335 g/mol. The minimum absolute atomic E-state index is 0.111. The first kappa shape index (κ1) is 17.5. The van der Waals surface area contributed by atoms with Gasteiger partial charge in [0, 0.05) is 12.2 Å². The number of nitrogens with zero attached hydrogens (tertiary/aromatic N) is 2. The van der Waals surface area contributed by atoms with Crippen LogP contribution < -0.4 is 10.1 Å². The van der Waals surface area contributed by atoms with Crippen molar-refractivity contribution >= 4 is 11.9 Å². The molecule has 2 N–H and O–H groups in total. The molecule has 1 aromatic carbocycles. The van der Waals surface area contributed by atoms with Crippen LogP contribution in [0.5, 0.6) is 5.75 Å². The predicted molar refractivity (Wildman–Crippen MR) is 83.4 cm³/mol. The van der Waals surface area contributed by atoms with Crippen LogP contribution in [-0.2, 0) is 4.79 Å². The van der Waals surface area contributed by atoms with Gasteiger partial charge in [-0.2, -0.15) is 5.10 Å². The largest absolute Gasteiger partial charge is 0.478 e. The van der Waals surface area contributed by atoms with Crippen molar-refractivity contribution in [1.82, 2.24) is 15.1 Å². The zero-order valence-corrected chi connectivity index (χ0v) is 13.3. The summed E-state index contributed by atoms with van der Waals surface area (Å²) in [6.07, 6.45) is 0.370. The van der Waals surface area contributed by atoms with E-state index in [1.165, 1.54) is 12.1 Å². The molecule has 0 bridgehead atoms. The lowest BCUT2D eigenvalue weighted by Crippen LogP contribution is -2.40. The number of benzene rings is 1. The second kappa shape index (κ2) is 7.58. The van der Waals surface area contributed by atoms with Crippen LogP contribution in [0, 0.1) is 5.82 Å². The lowest BCUT2D eigenvalue weighted by atomic mass is 10.3. The first-order chi connectivity index (χ1) is 11.4. The molecule has 0 saturated carbocycles. The van der Waals surface area contributed by atoms with Crippen molar-refractivity contribution in [2.45, 2.75) is 26.0 Å². The second-order valence-electron chi connectivity index (χ2n) is 5.38. The zero-order chi connectivity index (χ0) is 17.7. The van der Waals surface area contributed by atoms with Crippen LogP contribution in [0.2, 0.25) is 0 Å². The van der Waals surface area contributed by atoms with Crippen molar-refractivity contribution in [2.75, 3.05) is 6.54 Å². The second-order valence-corrected chi connectivity index (χ2v) is 5.38. The normalized spacial score (nSPS) is 12.0. The number of aromatic nitrogens is 2. The first-order valence-electron chi connectivity index (χ1n) is 7.35. The molecule has 8 heteroatoms. The summed E-state index contributed by atoms with van der Waals surface area (Å²) in [4.78, 5) is 23.3. The molecule has 2 rings (SSSR count). The van der Waals surface area contributed by atoms with Gasteiger partial charge in [0.15, 0.2) is 0 Å². The van der Waals surface area contributed by atoms with Gasteiger partial charge in [0.25, 0.3) is 5.91 Å². The minimum atomic E-state index is -1.30. The van der Waals surface area contributed by atoms with Gasteiger partial charge in [0.2, 0.25) is 6.10 Å². The van der Waals surface area contributed by atoms with E-state index < -0.39 is 23.8 Å². The lowest BCUT2D eigenvalue weighted by Gasteiger charge is -2.15. The molecule has 1 aromatic heterocycles. The number of carbonyl (C=O) groups is 2. The third-order valence-corrected chi connectivity index (χ3v) is 3.19. The molecule has 0 aliphatic rings. The Morgan fingerprint density at radius 3 is 2.50 bits per heavy atom. The number of aliphatic carboxylic acids is 1. The Morgan fingerprint density at radius 2 is 1.96 bits per heavy atom. The highest BCUT2D eigenvalue weighted by molar-refractivity contribution is 5.92. The van der Waals surface area contributed by atoms with Crippen LogP contribution >= 0.6 is 0 Å². The van der Waals surface area contributed by atoms with Crippen molar-refractivity contribution in [3.8, 4) is 5.75 Å². The van der Waals surface area contributed by atoms with Crippen LogP contribution in [0.1, 0.15) is 30.4 Å². The van der Waals surface area contributed by atoms with E-state index in [2.05, 4.69) is 10.4 Å². The number of hydrogen-bond donors (Lipinski definition) is 2. The summed E-state index contributed by atoms with van der Waals surface area (Å²) in [5.74, 6) is -2.00. The molecule has 0 spiro atoms. The smallest absolute Gasteiger partial charge is 0.346 e. The molecule has 2 aromatic rings. The van der Waals surface area contributed by atoms with Gasteiger partial charge in [0.1, 0.15) is 17.3 Å². The van der Waals surface area contributed by atoms with E-state index >= 15 is 0 Å². The Morgan fingerprint density at radius 1 is 1.29 bits per heavy atom. The molecule has 24 heavy (non-hydrogen) atoms. The van der Waals surface area contributed by atoms with E-state index in [1.54, 1.807) is 16.9 Å². The van der Waals surface area contributed by atoms with E-state index in [0.29, 0.717) is 0 Å². The van der Waals surface area contributed by atoms with Gasteiger partial charge in [0.05, 0.1) is 6.54 Å². The van der Waals surface area contributed by atoms with Crippen molar-refractivity contribution in [1.29, 1.82) is 0 Å². The van der Waals surface area contributed by atoms with E-state index in [1.807, 2.05) is 13.8 Å². The van der Waals surface area contributed by atoms with Gasteiger partial charge >= 0.3 is 5.97 Å². The van der Waals surface area contributed by atoms with Gasteiger partial charge in [-0.15, -0.1) is 0 Å². The molecular formula is C16H18FN3O4. The number of carboxylic acids is 1. The third-order valence-electron chi connectivity index (χ3n) is 3.19. The van der Waals surface area contributed by atoms with Crippen molar-refractivity contribution in [3.05, 3.63) is 48.0 Å². The van der Waals surface area contributed by atoms with Crippen LogP contribution in [0.25, 0.3) is 0 Å². The Bertz CT molecular complexity index is 712. The first-order valence-corrected chi connectivity index (χ1v) is 7.35. The molecule has 1 heterocycles. The molecule has 1 amide bonds. The van der Waals surface area contributed by atoms with Crippen LogP contribution in [-0.4, -0.2) is 39.4 Å². The predicted octanol–water partition coefficient (Wildman–Crippen LogP) is 1.87. The number of rotatable bonds is 7. The third kappa shape index (κ3) is 4.55. The molecule has 0 aliphatic heterocycles. The average molecular weight is 335 g/mol. The van der Waals surface area contributed by atoms with Crippen LogP contribution in [0.3, 0.4) is 0 Å². The fraction of sp³-hybridized carbons (Fsp3) is 0.312. The van der Waals surface area contributed by atoms with E-state index in [9.17, 15) is 19.1 Å². The fourth-order valence-electron chi connectivity index (χ4n) is 1.88. The SMILES string of the molecule is CC(C)n1ccc(C(=O)NCC(Oc2ccc(F)cc2)C(=O)O)n1. The number of halogens is 1. The summed E-state index contributed by atoms with van der Waals surface area (Å²) in [5, 5.41) is 15.7. The molecule has 0 aliphatic carbocycles. The number of nitrogens with one attached hydrogen (secondary N) is 1. The number of hydrogen-bond acceptors (Lipinski definition) is 4.